The number of nitrogens with zero attached hydrogens (tertiary/aromatic N) is 1. The lowest BCUT2D eigenvalue weighted by atomic mass is 9.81. The van der Waals surface area contributed by atoms with E-state index in [1.54, 1.807) is 0 Å². The average Bonchev–Trinajstić information content (AvgIpc) is 2.65. The number of carbonyl (C=O) groups is 1. The van der Waals surface area contributed by atoms with E-state index in [2.05, 4.69) is 6.92 Å². The molecule has 0 radical (unpaired) electrons. The second kappa shape index (κ2) is 5.15. The monoisotopic (exact) mass is 257 g/mol. The van der Waals surface area contributed by atoms with Crippen LogP contribution in [0.15, 0.2) is 0 Å². The maximum atomic E-state index is 12.0. The lowest BCUT2D eigenvalue weighted by Crippen LogP contribution is -2.50. The molecule has 2 heterocycles. The number of hydrogen-bond acceptors (Lipinski definition) is 5. The fourth-order valence-corrected chi connectivity index (χ4v) is 2.80. The summed E-state index contributed by atoms with van der Waals surface area (Å²) in [6.07, 6.45) is 1.83. The minimum atomic E-state index is -0.561. The summed E-state index contributed by atoms with van der Waals surface area (Å²) in [5, 5.41) is 1.98. The Morgan fingerprint density at radius 2 is 2.17 bits per heavy atom. The van der Waals surface area contributed by atoms with E-state index in [1.165, 1.54) is 7.11 Å². The lowest BCUT2D eigenvalue weighted by molar-refractivity contribution is -0.199. The summed E-state index contributed by atoms with van der Waals surface area (Å²) < 4.78 is 10.5. The van der Waals surface area contributed by atoms with E-state index in [9.17, 15) is 4.79 Å². The van der Waals surface area contributed by atoms with Crippen LogP contribution in [-0.2, 0) is 19.1 Å². The lowest BCUT2D eigenvalue weighted by Gasteiger charge is -2.37. The Hall–Kier alpha value is -0.650. The number of hydroxylamine groups is 2. The molecule has 2 bridgehead atoms. The Bertz CT molecular complexity index is 318. The summed E-state index contributed by atoms with van der Waals surface area (Å²) in [6, 6.07) is 0.273. The quantitative estimate of drug-likeness (QED) is 0.715. The molecular formula is C13H23NO4. The summed E-state index contributed by atoms with van der Waals surface area (Å²) >= 11 is 0. The van der Waals surface area contributed by atoms with Crippen LogP contribution >= 0.6 is 0 Å². The smallest absolute Gasteiger partial charge is 0.312 e. The Morgan fingerprint density at radius 1 is 1.44 bits per heavy atom. The summed E-state index contributed by atoms with van der Waals surface area (Å²) in [7, 11) is 1.44. The van der Waals surface area contributed by atoms with Crippen LogP contribution in [-0.4, -0.2) is 49.5 Å². The van der Waals surface area contributed by atoms with Gasteiger partial charge < -0.3 is 9.47 Å². The predicted octanol–water partition coefficient (Wildman–Crippen LogP) is 1.37. The Kier molecular flexibility index (Phi) is 3.94. The molecule has 2 rings (SSSR count). The number of esters is 1. The fraction of sp³-hybridized carbons (Fsp3) is 0.923. The molecule has 0 saturated carbocycles. The maximum Gasteiger partial charge on any atom is 0.312 e. The van der Waals surface area contributed by atoms with Crippen LogP contribution in [0.4, 0.5) is 0 Å². The van der Waals surface area contributed by atoms with Crippen LogP contribution in [0.1, 0.15) is 33.6 Å². The van der Waals surface area contributed by atoms with Crippen molar-refractivity contribution in [1.29, 1.82) is 0 Å². The van der Waals surface area contributed by atoms with Crippen molar-refractivity contribution in [2.75, 3.05) is 20.3 Å². The van der Waals surface area contributed by atoms with Crippen LogP contribution in [0.5, 0.6) is 0 Å². The van der Waals surface area contributed by atoms with Gasteiger partial charge in [0, 0.05) is 0 Å². The largest absolute Gasteiger partial charge is 0.469 e. The van der Waals surface area contributed by atoms with Crippen LogP contribution in [0.3, 0.4) is 0 Å². The zero-order chi connectivity index (χ0) is 13.3. The molecule has 0 amide bonds. The number of carbonyl (C=O) groups excluding carboxylic acids is 1. The van der Waals surface area contributed by atoms with Crippen molar-refractivity contribution in [3.8, 4) is 0 Å². The zero-order valence-electron chi connectivity index (χ0n) is 11.6. The van der Waals surface area contributed by atoms with Gasteiger partial charge in [0.1, 0.15) is 6.10 Å². The standard InChI is InChI=1S/C13H23NO4/c1-5-9-7-17-8-10-6-11(14(9)18-10)13(2,3)12(15)16-4/h9-11H,5-8H2,1-4H3/t9-,10?,11?/m1/s1. The highest BCUT2D eigenvalue weighted by Crippen LogP contribution is 2.38. The number of hydrogen-bond donors (Lipinski definition) is 0. The fourth-order valence-electron chi connectivity index (χ4n) is 2.80. The Balaban J connectivity index is 2.20. The van der Waals surface area contributed by atoms with E-state index >= 15 is 0 Å². The van der Waals surface area contributed by atoms with Gasteiger partial charge in [-0.25, -0.2) is 0 Å². The molecular weight excluding hydrogens is 234 g/mol. The number of methoxy groups -OCH3 is 1. The Morgan fingerprint density at radius 3 is 2.78 bits per heavy atom. The molecule has 0 aromatic rings. The van der Waals surface area contributed by atoms with Crippen LogP contribution < -0.4 is 0 Å². The molecule has 2 aliphatic heterocycles. The van der Waals surface area contributed by atoms with E-state index in [0.29, 0.717) is 13.2 Å². The first-order chi connectivity index (χ1) is 8.50. The van der Waals surface area contributed by atoms with Gasteiger partial charge in [-0.2, -0.15) is 5.06 Å². The van der Waals surface area contributed by atoms with Gasteiger partial charge in [-0.05, 0) is 26.7 Å². The van der Waals surface area contributed by atoms with Gasteiger partial charge in [0.25, 0.3) is 0 Å². The number of rotatable bonds is 3. The molecule has 3 unspecified atom stereocenters. The van der Waals surface area contributed by atoms with E-state index in [0.717, 1.165) is 12.8 Å². The van der Waals surface area contributed by atoms with Crippen molar-refractivity contribution in [1.82, 2.24) is 5.06 Å². The molecule has 4 atom stereocenters. The topological polar surface area (TPSA) is 48.0 Å². The highest BCUT2D eigenvalue weighted by Gasteiger charge is 2.50. The first-order valence-corrected chi connectivity index (χ1v) is 6.62. The van der Waals surface area contributed by atoms with Gasteiger partial charge in [0.2, 0.25) is 0 Å². The van der Waals surface area contributed by atoms with E-state index < -0.39 is 5.41 Å². The second-order valence-corrected chi connectivity index (χ2v) is 5.65. The van der Waals surface area contributed by atoms with E-state index in [-0.39, 0.29) is 24.2 Å². The number of ether oxygens (including phenoxy) is 2. The number of fused-ring (bicyclic) bond motifs is 2. The van der Waals surface area contributed by atoms with Crippen molar-refractivity contribution in [2.24, 2.45) is 5.41 Å². The van der Waals surface area contributed by atoms with Gasteiger partial charge in [0.15, 0.2) is 0 Å². The van der Waals surface area contributed by atoms with Crippen molar-refractivity contribution in [3.63, 3.8) is 0 Å². The highest BCUT2D eigenvalue weighted by atomic mass is 16.7. The van der Waals surface area contributed by atoms with Gasteiger partial charge in [-0.3, -0.25) is 9.63 Å². The van der Waals surface area contributed by atoms with Gasteiger partial charge in [0.05, 0.1) is 37.8 Å². The van der Waals surface area contributed by atoms with Crippen molar-refractivity contribution >= 4 is 5.97 Å². The third-order valence-corrected chi connectivity index (χ3v) is 4.05. The van der Waals surface area contributed by atoms with Gasteiger partial charge in [-0.1, -0.05) is 6.92 Å². The van der Waals surface area contributed by atoms with Gasteiger partial charge in [-0.15, -0.1) is 0 Å². The van der Waals surface area contributed by atoms with Crippen molar-refractivity contribution in [2.45, 2.75) is 51.8 Å². The zero-order valence-corrected chi connectivity index (χ0v) is 11.6. The molecule has 0 aliphatic carbocycles. The average molecular weight is 257 g/mol. The highest BCUT2D eigenvalue weighted by molar-refractivity contribution is 5.76. The first kappa shape index (κ1) is 13.8. The molecule has 2 saturated heterocycles. The molecule has 18 heavy (non-hydrogen) atoms. The van der Waals surface area contributed by atoms with Crippen molar-refractivity contribution in [3.05, 3.63) is 0 Å². The first-order valence-electron chi connectivity index (χ1n) is 6.62. The summed E-state index contributed by atoms with van der Waals surface area (Å²) in [5.41, 5.74) is -0.561. The van der Waals surface area contributed by atoms with Crippen LogP contribution in [0, 0.1) is 5.41 Å². The van der Waals surface area contributed by atoms with Crippen LogP contribution in [0.2, 0.25) is 0 Å². The minimum Gasteiger partial charge on any atom is -0.469 e. The summed E-state index contributed by atoms with van der Waals surface area (Å²) in [5.74, 6) is -0.182. The third kappa shape index (κ3) is 2.27. The summed E-state index contributed by atoms with van der Waals surface area (Å²) in [6.45, 7) is 7.24. The minimum absolute atomic E-state index is 0.0591. The normalized spacial score (nSPS) is 36.2. The predicted molar refractivity (Wildman–Crippen MR) is 65.8 cm³/mol. The molecule has 5 heteroatoms. The third-order valence-electron chi connectivity index (χ3n) is 4.05. The van der Waals surface area contributed by atoms with Crippen LogP contribution in [0.25, 0.3) is 0 Å². The molecule has 0 aromatic heterocycles. The molecule has 5 nitrogen and oxygen atoms in total. The molecule has 104 valence electrons. The molecule has 2 aliphatic rings. The van der Waals surface area contributed by atoms with E-state index in [1.807, 2.05) is 18.9 Å². The summed E-state index contributed by atoms with van der Waals surface area (Å²) in [4.78, 5) is 17.9. The van der Waals surface area contributed by atoms with E-state index in [4.69, 9.17) is 14.3 Å². The SMILES string of the molecule is CC[C@@H]1COCC2CC(C(C)(C)C(=O)OC)N1O2. The molecule has 0 N–H and O–H groups in total. The molecule has 0 aromatic carbocycles. The second-order valence-electron chi connectivity index (χ2n) is 5.65. The molecule has 0 spiro atoms. The molecule has 2 fully saturated rings. The van der Waals surface area contributed by atoms with Gasteiger partial charge >= 0.3 is 5.97 Å². The Labute approximate surface area is 108 Å². The maximum absolute atomic E-state index is 12.0. The van der Waals surface area contributed by atoms with Crippen molar-refractivity contribution < 1.29 is 19.1 Å².